The molecule has 0 bridgehead atoms. The van der Waals surface area contributed by atoms with E-state index in [-0.39, 0.29) is 5.56 Å². The summed E-state index contributed by atoms with van der Waals surface area (Å²) >= 11 is 5.97. The topological polar surface area (TPSA) is 64.8 Å². The molecule has 0 spiro atoms. The van der Waals surface area contributed by atoms with E-state index in [1.807, 2.05) is 30.3 Å². The molecule has 29 heavy (non-hydrogen) atoms. The van der Waals surface area contributed by atoms with E-state index in [1.54, 1.807) is 0 Å². The van der Waals surface area contributed by atoms with Gasteiger partial charge in [0.05, 0.1) is 11.3 Å². The SMILES string of the molecule is Cc1[nH]c2ccccc2c1CN1CCc2nc(-c3ccc(Cl)cc3)[nH]c(=O)c2C1. The Morgan fingerprint density at radius 3 is 2.72 bits per heavy atom. The van der Waals surface area contributed by atoms with Crippen molar-refractivity contribution in [2.75, 3.05) is 6.54 Å². The van der Waals surface area contributed by atoms with E-state index < -0.39 is 0 Å². The van der Waals surface area contributed by atoms with Crippen LogP contribution >= 0.6 is 11.6 Å². The maximum atomic E-state index is 12.8. The maximum Gasteiger partial charge on any atom is 0.255 e. The number of hydrogen-bond acceptors (Lipinski definition) is 3. The third-order valence-corrected chi connectivity index (χ3v) is 5.93. The highest BCUT2D eigenvalue weighted by Crippen LogP contribution is 2.26. The van der Waals surface area contributed by atoms with Crippen molar-refractivity contribution in [2.24, 2.45) is 0 Å². The van der Waals surface area contributed by atoms with Crippen LogP contribution in [0.4, 0.5) is 0 Å². The normalized spacial score (nSPS) is 14.3. The number of benzene rings is 2. The summed E-state index contributed by atoms with van der Waals surface area (Å²) in [6, 6.07) is 15.7. The third-order valence-electron chi connectivity index (χ3n) is 5.67. The summed E-state index contributed by atoms with van der Waals surface area (Å²) in [5, 5.41) is 1.91. The lowest BCUT2D eigenvalue weighted by Gasteiger charge is -2.28. The summed E-state index contributed by atoms with van der Waals surface area (Å²) in [5.41, 5.74) is 6.11. The number of aryl methyl sites for hydroxylation is 1. The van der Waals surface area contributed by atoms with Crippen LogP contribution in [0.25, 0.3) is 22.3 Å². The first kappa shape index (κ1) is 18.2. The zero-order valence-electron chi connectivity index (χ0n) is 16.1. The van der Waals surface area contributed by atoms with Gasteiger partial charge in [-0.05, 0) is 42.8 Å². The highest BCUT2D eigenvalue weighted by molar-refractivity contribution is 6.30. The Kier molecular flexibility index (Phi) is 4.49. The van der Waals surface area contributed by atoms with Gasteiger partial charge < -0.3 is 9.97 Å². The summed E-state index contributed by atoms with van der Waals surface area (Å²) in [6.07, 6.45) is 0.765. The van der Waals surface area contributed by atoms with Crippen LogP contribution in [-0.2, 0) is 19.5 Å². The first-order chi connectivity index (χ1) is 14.1. The van der Waals surface area contributed by atoms with Gasteiger partial charge in [0.1, 0.15) is 5.82 Å². The van der Waals surface area contributed by atoms with E-state index in [4.69, 9.17) is 16.6 Å². The molecule has 0 fully saturated rings. The Balaban J connectivity index is 1.43. The lowest BCUT2D eigenvalue weighted by molar-refractivity contribution is 0.242. The molecule has 0 saturated carbocycles. The standard InChI is InChI=1S/C23H21ClN4O/c1-14-18(17-4-2-3-5-20(17)25-14)12-28-11-10-21-19(13-28)23(29)27-22(26-21)15-6-8-16(24)9-7-15/h2-9,25H,10-13H2,1H3,(H,26,27,29). The molecule has 4 aromatic rings. The highest BCUT2D eigenvalue weighted by Gasteiger charge is 2.23. The average molecular weight is 405 g/mol. The van der Waals surface area contributed by atoms with Crippen molar-refractivity contribution in [2.45, 2.75) is 26.4 Å². The predicted molar refractivity (Wildman–Crippen MR) is 116 cm³/mol. The number of fused-ring (bicyclic) bond motifs is 2. The van der Waals surface area contributed by atoms with Gasteiger partial charge in [-0.15, -0.1) is 0 Å². The van der Waals surface area contributed by atoms with Gasteiger partial charge in [0, 0.05) is 53.2 Å². The van der Waals surface area contributed by atoms with Crippen LogP contribution in [-0.4, -0.2) is 26.4 Å². The molecule has 0 radical (unpaired) electrons. The zero-order chi connectivity index (χ0) is 20.0. The van der Waals surface area contributed by atoms with Gasteiger partial charge in [-0.25, -0.2) is 4.98 Å². The molecular formula is C23H21ClN4O. The zero-order valence-corrected chi connectivity index (χ0v) is 16.9. The van der Waals surface area contributed by atoms with Gasteiger partial charge in [-0.2, -0.15) is 0 Å². The van der Waals surface area contributed by atoms with Crippen molar-refractivity contribution in [1.29, 1.82) is 0 Å². The fourth-order valence-corrected chi connectivity index (χ4v) is 4.25. The molecule has 1 aliphatic heterocycles. The molecule has 1 aliphatic rings. The minimum atomic E-state index is -0.0553. The Morgan fingerprint density at radius 1 is 1.10 bits per heavy atom. The molecule has 2 aromatic heterocycles. The Labute approximate surface area is 173 Å². The van der Waals surface area contributed by atoms with Crippen molar-refractivity contribution >= 4 is 22.5 Å². The molecule has 0 atom stereocenters. The number of aromatic nitrogens is 3. The van der Waals surface area contributed by atoms with E-state index >= 15 is 0 Å². The Bertz CT molecular complexity index is 1260. The Morgan fingerprint density at radius 2 is 1.90 bits per heavy atom. The van der Waals surface area contributed by atoms with Crippen LogP contribution in [0.1, 0.15) is 22.5 Å². The molecule has 6 heteroatoms. The summed E-state index contributed by atoms with van der Waals surface area (Å²) in [6.45, 7) is 4.41. The minimum Gasteiger partial charge on any atom is -0.358 e. The number of rotatable bonds is 3. The van der Waals surface area contributed by atoms with E-state index in [2.05, 4.69) is 40.0 Å². The van der Waals surface area contributed by atoms with Crippen molar-refractivity contribution in [3.8, 4) is 11.4 Å². The van der Waals surface area contributed by atoms with Gasteiger partial charge in [-0.1, -0.05) is 29.8 Å². The van der Waals surface area contributed by atoms with Gasteiger partial charge >= 0.3 is 0 Å². The number of H-pyrrole nitrogens is 2. The minimum absolute atomic E-state index is 0.0553. The quantitative estimate of drug-likeness (QED) is 0.530. The molecule has 0 unspecified atom stereocenters. The van der Waals surface area contributed by atoms with Crippen LogP contribution in [0.5, 0.6) is 0 Å². The molecule has 146 valence electrons. The molecule has 2 N–H and O–H groups in total. The van der Waals surface area contributed by atoms with E-state index in [1.165, 1.54) is 16.6 Å². The molecule has 5 nitrogen and oxygen atoms in total. The summed E-state index contributed by atoms with van der Waals surface area (Å²) in [7, 11) is 0. The van der Waals surface area contributed by atoms with Gasteiger partial charge in [0.25, 0.3) is 5.56 Å². The van der Waals surface area contributed by atoms with Crippen molar-refractivity contribution in [3.63, 3.8) is 0 Å². The molecule has 0 amide bonds. The lowest BCUT2D eigenvalue weighted by Crippen LogP contribution is -2.35. The molecule has 5 rings (SSSR count). The van der Waals surface area contributed by atoms with Crippen molar-refractivity contribution in [1.82, 2.24) is 19.9 Å². The number of para-hydroxylation sites is 1. The lowest BCUT2D eigenvalue weighted by atomic mass is 10.0. The summed E-state index contributed by atoms with van der Waals surface area (Å²) in [5.74, 6) is 0.603. The smallest absolute Gasteiger partial charge is 0.255 e. The van der Waals surface area contributed by atoms with Crippen LogP contribution in [0.3, 0.4) is 0 Å². The maximum absolute atomic E-state index is 12.8. The number of nitrogens with zero attached hydrogens (tertiary/aromatic N) is 2. The van der Waals surface area contributed by atoms with E-state index in [0.717, 1.165) is 41.8 Å². The van der Waals surface area contributed by atoms with E-state index in [9.17, 15) is 4.79 Å². The fraction of sp³-hybridized carbons (Fsp3) is 0.217. The second kappa shape index (κ2) is 7.17. The van der Waals surface area contributed by atoms with Gasteiger partial charge in [0.2, 0.25) is 0 Å². The summed E-state index contributed by atoms with van der Waals surface area (Å²) in [4.78, 5) is 26.3. The summed E-state index contributed by atoms with van der Waals surface area (Å²) < 4.78 is 0. The third kappa shape index (κ3) is 3.37. The number of nitrogens with one attached hydrogen (secondary N) is 2. The second-order valence-electron chi connectivity index (χ2n) is 7.58. The first-order valence-electron chi connectivity index (χ1n) is 9.75. The average Bonchev–Trinajstić information content (AvgIpc) is 3.04. The molecule has 0 saturated heterocycles. The van der Waals surface area contributed by atoms with Crippen LogP contribution in [0.2, 0.25) is 5.02 Å². The number of halogens is 1. The number of aromatic amines is 2. The van der Waals surface area contributed by atoms with Crippen LogP contribution < -0.4 is 5.56 Å². The van der Waals surface area contributed by atoms with E-state index in [0.29, 0.717) is 17.4 Å². The number of hydrogen-bond donors (Lipinski definition) is 2. The fourth-order valence-electron chi connectivity index (χ4n) is 4.12. The van der Waals surface area contributed by atoms with Crippen molar-refractivity contribution in [3.05, 3.63) is 86.4 Å². The first-order valence-corrected chi connectivity index (χ1v) is 10.1. The Hall–Kier alpha value is -2.89. The van der Waals surface area contributed by atoms with Crippen LogP contribution in [0, 0.1) is 6.92 Å². The molecule has 3 heterocycles. The van der Waals surface area contributed by atoms with Gasteiger partial charge in [0.15, 0.2) is 0 Å². The molecular weight excluding hydrogens is 384 g/mol. The second-order valence-corrected chi connectivity index (χ2v) is 8.02. The predicted octanol–water partition coefficient (Wildman–Crippen LogP) is 4.44. The largest absolute Gasteiger partial charge is 0.358 e. The van der Waals surface area contributed by atoms with Crippen LogP contribution in [0.15, 0.2) is 53.3 Å². The molecule has 0 aliphatic carbocycles. The molecule has 2 aromatic carbocycles. The highest BCUT2D eigenvalue weighted by atomic mass is 35.5. The van der Waals surface area contributed by atoms with Crippen molar-refractivity contribution < 1.29 is 0 Å². The monoisotopic (exact) mass is 404 g/mol. The van der Waals surface area contributed by atoms with Gasteiger partial charge in [-0.3, -0.25) is 9.69 Å².